The van der Waals surface area contributed by atoms with Gasteiger partial charge >= 0.3 is 0 Å². The standard InChI is InChI=1S/C26H29N3O7/c1-33-19-12-11-18(15-22(19)34-2)29(23(30)16-27-25(31)21-10-6-14-36-21)24(20-9-5-13-35-20)26(32)28-17-7-3-4-8-17/h5-6,9-15,17,24H,3-4,7-8,16H2,1-2H3,(H,27,31)(H,28,32). The third kappa shape index (κ3) is 5.54. The van der Waals surface area contributed by atoms with Crippen molar-refractivity contribution in [3.63, 3.8) is 0 Å². The molecule has 1 fully saturated rings. The number of rotatable bonds is 10. The van der Waals surface area contributed by atoms with E-state index < -0.39 is 17.9 Å². The van der Waals surface area contributed by atoms with Crippen LogP contribution in [-0.2, 0) is 9.59 Å². The van der Waals surface area contributed by atoms with E-state index in [-0.39, 0.29) is 30.0 Å². The summed E-state index contributed by atoms with van der Waals surface area (Å²) in [7, 11) is 2.99. The van der Waals surface area contributed by atoms with Crippen molar-refractivity contribution in [3.8, 4) is 11.5 Å². The molecule has 4 rings (SSSR count). The lowest BCUT2D eigenvalue weighted by atomic mass is 10.1. The van der Waals surface area contributed by atoms with Crippen LogP contribution in [0.1, 0.15) is 48.0 Å². The normalized spacial score (nSPS) is 14.2. The smallest absolute Gasteiger partial charge is 0.287 e. The Labute approximate surface area is 208 Å². The van der Waals surface area contributed by atoms with Gasteiger partial charge in [-0.05, 0) is 49.2 Å². The second kappa shape index (κ2) is 11.5. The summed E-state index contributed by atoms with van der Waals surface area (Å²) in [6.45, 7) is -0.387. The van der Waals surface area contributed by atoms with Crippen LogP contribution in [0.5, 0.6) is 11.5 Å². The highest BCUT2D eigenvalue weighted by Crippen LogP contribution is 2.36. The topological polar surface area (TPSA) is 123 Å². The molecule has 1 unspecified atom stereocenters. The fourth-order valence-electron chi connectivity index (χ4n) is 4.32. The molecule has 2 aromatic heterocycles. The van der Waals surface area contributed by atoms with Gasteiger partial charge in [-0.15, -0.1) is 0 Å². The first-order valence-corrected chi connectivity index (χ1v) is 11.7. The van der Waals surface area contributed by atoms with Gasteiger partial charge in [0.15, 0.2) is 23.3 Å². The highest BCUT2D eigenvalue weighted by molar-refractivity contribution is 6.04. The molecule has 36 heavy (non-hydrogen) atoms. The molecule has 1 aliphatic carbocycles. The van der Waals surface area contributed by atoms with Gasteiger partial charge in [0.05, 0.1) is 33.3 Å². The molecule has 1 aliphatic rings. The van der Waals surface area contributed by atoms with Crippen LogP contribution in [-0.4, -0.2) is 44.5 Å². The van der Waals surface area contributed by atoms with Crippen molar-refractivity contribution >= 4 is 23.4 Å². The van der Waals surface area contributed by atoms with Crippen LogP contribution in [0.2, 0.25) is 0 Å². The molecule has 10 heteroatoms. The molecule has 3 aromatic rings. The highest BCUT2D eigenvalue weighted by atomic mass is 16.5. The van der Waals surface area contributed by atoms with Crippen molar-refractivity contribution in [1.82, 2.24) is 10.6 Å². The summed E-state index contributed by atoms with van der Waals surface area (Å²) in [6.07, 6.45) is 6.63. The third-order valence-electron chi connectivity index (χ3n) is 6.08. The summed E-state index contributed by atoms with van der Waals surface area (Å²) in [5.41, 5.74) is 0.368. The monoisotopic (exact) mass is 495 g/mol. The van der Waals surface area contributed by atoms with Gasteiger partial charge in [0.2, 0.25) is 5.91 Å². The Balaban J connectivity index is 1.69. The Morgan fingerprint density at radius 3 is 2.36 bits per heavy atom. The number of nitrogens with zero attached hydrogens (tertiary/aromatic N) is 1. The second-order valence-electron chi connectivity index (χ2n) is 8.37. The van der Waals surface area contributed by atoms with E-state index in [9.17, 15) is 14.4 Å². The van der Waals surface area contributed by atoms with Crippen LogP contribution in [0.3, 0.4) is 0 Å². The number of furan rings is 2. The molecule has 0 radical (unpaired) electrons. The molecule has 0 aliphatic heterocycles. The number of ether oxygens (including phenoxy) is 2. The van der Waals surface area contributed by atoms with E-state index in [0.717, 1.165) is 25.7 Å². The Kier molecular flexibility index (Phi) is 7.94. The molecule has 3 amide bonds. The van der Waals surface area contributed by atoms with E-state index in [4.69, 9.17) is 18.3 Å². The molecule has 190 valence electrons. The van der Waals surface area contributed by atoms with Crippen LogP contribution in [0.4, 0.5) is 5.69 Å². The molecular formula is C26H29N3O7. The van der Waals surface area contributed by atoms with Crippen LogP contribution in [0.15, 0.2) is 63.8 Å². The summed E-state index contributed by atoms with van der Waals surface area (Å²) in [4.78, 5) is 40.9. The first kappa shape index (κ1) is 24.9. The summed E-state index contributed by atoms with van der Waals surface area (Å²) in [5, 5.41) is 5.62. The minimum atomic E-state index is -1.12. The lowest BCUT2D eigenvalue weighted by molar-refractivity contribution is -0.127. The molecule has 0 saturated heterocycles. The molecule has 0 bridgehead atoms. The van der Waals surface area contributed by atoms with E-state index in [0.29, 0.717) is 17.2 Å². The van der Waals surface area contributed by atoms with Gasteiger partial charge in [-0.2, -0.15) is 0 Å². The Morgan fingerprint density at radius 1 is 1.00 bits per heavy atom. The van der Waals surface area contributed by atoms with Crippen LogP contribution >= 0.6 is 0 Å². The second-order valence-corrected chi connectivity index (χ2v) is 8.37. The summed E-state index contributed by atoms with van der Waals surface area (Å²) in [6, 6.07) is 10.2. The predicted molar refractivity (Wildman–Crippen MR) is 130 cm³/mol. The maximum atomic E-state index is 13.6. The van der Waals surface area contributed by atoms with Gasteiger partial charge in [-0.3, -0.25) is 19.3 Å². The number of anilines is 1. The van der Waals surface area contributed by atoms with Crippen molar-refractivity contribution in [3.05, 3.63) is 66.5 Å². The number of amides is 3. The fourth-order valence-corrected chi connectivity index (χ4v) is 4.32. The van der Waals surface area contributed by atoms with Crippen molar-refractivity contribution in [2.45, 2.75) is 37.8 Å². The Hall–Kier alpha value is -4.21. The zero-order valence-corrected chi connectivity index (χ0v) is 20.2. The van der Waals surface area contributed by atoms with Crippen molar-refractivity contribution in [2.75, 3.05) is 25.7 Å². The molecule has 1 atom stereocenters. The average Bonchev–Trinajstić information content (AvgIpc) is 3.69. The third-order valence-corrected chi connectivity index (χ3v) is 6.08. The van der Waals surface area contributed by atoms with Gasteiger partial charge in [0.1, 0.15) is 5.76 Å². The minimum absolute atomic E-state index is 0.0240. The zero-order valence-electron chi connectivity index (χ0n) is 20.2. The molecule has 2 N–H and O–H groups in total. The molecule has 10 nitrogen and oxygen atoms in total. The summed E-state index contributed by atoms with van der Waals surface area (Å²) in [5.74, 6) is -0.271. The van der Waals surface area contributed by atoms with E-state index in [1.54, 1.807) is 36.4 Å². The number of hydrogen-bond donors (Lipinski definition) is 2. The Bertz CT molecular complexity index is 1170. The number of carbonyl (C=O) groups is 3. The first-order valence-electron chi connectivity index (χ1n) is 11.7. The van der Waals surface area contributed by atoms with Gasteiger partial charge in [-0.1, -0.05) is 12.8 Å². The van der Waals surface area contributed by atoms with Crippen LogP contribution in [0, 0.1) is 0 Å². The van der Waals surface area contributed by atoms with Crippen molar-refractivity contribution in [1.29, 1.82) is 0 Å². The number of methoxy groups -OCH3 is 2. The maximum absolute atomic E-state index is 13.6. The zero-order chi connectivity index (χ0) is 25.5. The summed E-state index contributed by atoms with van der Waals surface area (Å²) >= 11 is 0. The summed E-state index contributed by atoms with van der Waals surface area (Å²) < 4.78 is 21.5. The quantitative estimate of drug-likeness (QED) is 0.442. The first-order chi connectivity index (χ1) is 17.5. The van der Waals surface area contributed by atoms with Crippen molar-refractivity contribution < 1.29 is 32.7 Å². The van der Waals surface area contributed by atoms with Crippen molar-refractivity contribution in [2.24, 2.45) is 0 Å². The van der Waals surface area contributed by atoms with Gasteiger partial charge in [0.25, 0.3) is 11.8 Å². The molecule has 0 spiro atoms. The van der Waals surface area contributed by atoms with Crippen LogP contribution in [0.25, 0.3) is 0 Å². The molecule has 2 heterocycles. The average molecular weight is 496 g/mol. The SMILES string of the molecule is COc1ccc(N(C(=O)CNC(=O)c2ccco2)C(C(=O)NC2CCCC2)c2ccco2)cc1OC. The lowest BCUT2D eigenvalue weighted by Gasteiger charge is -2.31. The van der Waals surface area contributed by atoms with E-state index in [2.05, 4.69) is 10.6 Å². The van der Waals surface area contributed by atoms with Gasteiger partial charge in [-0.25, -0.2) is 0 Å². The highest BCUT2D eigenvalue weighted by Gasteiger charge is 2.36. The fraction of sp³-hybridized carbons (Fsp3) is 0.346. The molecule has 1 saturated carbocycles. The van der Waals surface area contributed by atoms with Crippen LogP contribution < -0.4 is 25.0 Å². The lowest BCUT2D eigenvalue weighted by Crippen LogP contribution is -2.49. The number of benzene rings is 1. The number of nitrogens with one attached hydrogen (secondary N) is 2. The Morgan fingerprint density at radius 2 is 1.72 bits per heavy atom. The van der Waals surface area contributed by atoms with E-state index >= 15 is 0 Å². The predicted octanol–water partition coefficient (Wildman–Crippen LogP) is 3.45. The maximum Gasteiger partial charge on any atom is 0.287 e. The number of carbonyl (C=O) groups excluding carboxylic acids is 3. The van der Waals surface area contributed by atoms with E-state index in [1.165, 1.54) is 37.7 Å². The number of hydrogen-bond acceptors (Lipinski definition) is 7. The van der Waals surface area contributed by atoms with Gasteiger partial charge in [0, 0.05) is 17.8 Å². The van der Waals surface area contributed by atoms with E-state index in [1.807, 2.05) is 0 Å². The molecular weight excluding hydrogens is 466 g/mol. The minimum Gasteiger partial charge on any atom is -0.493 e. The van der Waals surface area contributed by atoms with Gasteiger partial charge < -0.3 is 28.9 Å². The largest absolute Gasteiger partial charge is 0.493 e. The molecule has 1 aromatic carbocycles.